The number of rotatable bonds is 8. The van der Waals surface area contributed by atoms with E-state index in [0.717, 1.165) is 38.4 Å². The number of aryl methyl sites for hydroxylation is 2. The molecule has 1 saturated heterocycles. The van der Waals surface area contributed by atoms with E-state index in [0.29, 0.717) is 24.9 Å². The van der Waals surface area contributed by atoms with Gasteiger partial charge in [-0.15, -0.1) is 11.3 Å². The van der Waals surface area contributed by atoms with Gasteiger partial charge in [0.2, 0.25) is 0 Å². The monoisotopic (exact) mass is 610 g/mol. The summed E-state index contributed by atoms with van der Waals surface area (Å²) in [5, 5.41) is 10.8. The van der Waals surface area contributed by atoms with Crippen LogP contribution in [0.2, 0.25) is 0 Å². The maximum absolute atomic E-state index is 13.6. The Morgan fingerprint density at radius 1 is 1.02 bits per heavy atom. The van der Waals surface area contributed by atoms with Crippen LogP contribution in [0, 0.1) is 6.92 Å². The van der Waals surface area contributed by atoms with Gasteiger partial charge < -0.3 is 14.6 Å². The summed E-state index contributed by atoms with van der Waals surface area (Å²) in [7, 11) is 0. The highest BCUT2D eigenvalue weighted by molar-refractivity contribution is 7.13. The first-order valence-corrected chi connectivity index (χ1v) is 16.0. The molecule has 6 rings (SSSR count). The molecule has 8 heteroatoms. The zero-order valence-corrected chi connectivity index (χ0v) is 26.4. The molecule has 2 aliphatic rings. The standard InChI is InChI=1S/C36H38N2O5S/c1-22-34(44-21-37-22)24-14-13-23(33(40)17-24)15-16-32(39)31-18-25(43-36(2,3)4)19-38(31)35(41)42-20-30-28-11-7-5-9-26(28)27-10-6-8-12-29(27)30/h5-14,17,21,25,30-31,40H,15-16,18-20H2,1-4H3/t25-,31+/m1/s1. The molecule has 1 N–H and O–H groups in total. The molecule has 44 heavy (non-hydrogen) atoms. The van der Waals surface area contributed by atoms with Crippen molar-refractivity contribution in [2.45, 2.75) is 70.6 Å². The fourth-order valence-corrected chi connectivity index (χ4v) is 7.29. The number of carbonyl (C=O) groups is 2. The maximum Gasteiger partial charge on any atom is 0.410 e. The van der Waals surface area contributed by atoms with Crippen molar-refractivity contribution >= 4 is 23.2 Å². The molecule has 1 fully saturated rings. The largest absolute Gasteiger partial charge is 0.508 e. The second-order valence-electron chi connectivity index (χ2n) is 12.6. The van der Waals surface area contributed by atoms with E-state index in [9.17, 15) is 14.7 Å². The first-order chi connectivity index (χ1) is 21.1. The molecular formula is C36H38N2O5S. The third-order valence-electron chi connectivity index (χ3n) is 8.46. The Kier molecular flexibility index (Phi) is 8.31. The van der Waals surface area contributed by atoms with E-state index in [1.807, 2.05) is 64.1 Å². The Morgan fingerprint density at radius 2 is 1.70 bits per heavy atom. The minimum absolute atomic E-state index is 0.0654. The molecule has 7 nitrogen and oxygen atoms in total. The van der Waals surface area contributed by atoms with Crippen LogP contribution in [-0.4, -0.2) is 57.8 Å². The van der Waals surface area contributed by atoms with Crippen molar-refractivity contribution < 1.29 is 24.2 Å². The van der Waals surface area contributed by atoms with Crippen molar-refractivity contribution in [2.24, 2.45) is 0 Å². The van der Waals surface area contributed by atoms with Crippen LogP contribution in [0.25, 0.3) is 21.6 Å². The number of thiazole rings is 1. The average molecular weight is 611 g/mol. The molecule has 0 radical (unpaired) electrons. The van der Waals surface area contributed by atoms with Gasteiger partial charge in [0.25, 0.3) is 0 Å². The number of likely N-dealkylation sites (tertiary alicyclic amines) is 1. The Hall–Kier alpha value is -4.01. The summed E-state index contributed by atoms with van der Waals surface area (Å²) in [6.45, 7) is 8.34. The number of hydrogen-bond donors (Lipinski definition) is 1. The summed E-state index contributed by atoms with van der Waals surface area (Å²) in [6, 6.07) is 21.3. The minimum Gasteiger partial charge on any atom is -0.508 e. The summed E-state index contributed by atoms with van der Waals surface area (Å²) >= 11 is 1.53. The zero-order valence-electron chi connectivity index (χ0n) is 25.6. The number of Topliss-reactive ketones (excluding diaryl/α,β-unsaturated/α-hetero) is 1. The van der Waals surface area contributed by atoms with Gasteiger partial charge >= 0.3 is 6.09 Å². The first kappa shape index (κ1) is 30.0. The highest BCUT2D eigenvalue weighted by atomic mass is 32.1. The van der Waals surface area contributed by atoms with Crippen LogP contribution in [0.15, 0.2) is 72.2 Å². The maximum atomic E-state index is 13.6. The minimum atomic E-state index is -0.653. The number of fused-ring (bicyclic) bond motifs is 3. The molecule has 2 heterocycles. The van der Waals surface area contributed by atoms with Gasteiger partial charge in [-0.2, -0.15) is 0 Å². The number of aromatic nitrogens is 1. The molecule has 0 spiro atoms. The molecule has 3 aromatic carbocycles. The second kappa shape index (κ2) is 12.2. The predicted molar refractivity (Wildman–Crippen MR) is 172 cm³/mol. The highest BCUT2D eigenvalue weighted by Gasteiger charge is 2.42. The average Bonchev–Trinajstić information content (AvgIpc) is 3.70. The summed E-state index contributed by atoms with van der Waals surface area (Å²) in [5.41, 5.74) is 8.48. The van der Waals surface area contributed by atoms with Gasteiger partial charge in [0.1, 0.15) is 12.4 Å². The van der Waals surface area contributed by atoms with Crippen LogP contribution in [0.3, 0.4) is 0 Å². The van der Waals surface area contributed by atoms with Gasteiger partial charge in [-0.1, -0.05) is 60.7 Å². The lowest BCUT2D eigenvalue weighted by molar-refractivity contribution is -0.123. The topological polar surface area (TPSA) is 89.0 Å². The molecule has 0 unspecified atom stereocenters. The van der Waals surface area contributed by atoms with E-state index in [-0.39, 0.29) is 36.6 Å². The Morgan fingerprint density at radius 3 is 2.32 bits per heavy atom. The van der Waals surface area contributed by atoms with E-state index in [1.165, 1.54) is 11.3 Å². The molecule has 0 saturated carbocycles. The number of ether oxygens (including phenoxy) is 2. The van der Waals surface area contributed by atoms with Crippen molar-refractivity contribution in [3.05, 3.63) is 94.6 Å². The molecule has 0 bridgehead atoms. The van der Waals surface area contributed by atoms with Crippen LogP contribution in [0.4, 0.5) is 4.79 Å². The Labute approximate surface area is 262 Å². The van der Waals surface area contributed by atoms with Crippen LogP contribution < -0.4 is 0 Å². The lowest BCUT2D eigenvalue weighted by Crippen LogP contribution is -2.41. The van der Waals surface area contributed by atoms with Crippen molar-refractivity contribution in [3.8, 4) is 27.3 Å². The zero-order chi connectivity index (χ0) is 31.0. The van der Waals surface area contributed by atoms with E-state index in [4.69, 9.17) is 9.47 Å². The fourth-order valence-electron chi connectivity index (χ4n) is 6.49. The molecule has 2 atom stereocenters. The van der Waals surface area contributed by atoms with Gasteiger partial charge in [-0.3, -0.25) is 9.69 Å². The van der Waals surface area contributed by atoms with E-state index in [2.05, 4.69) is 29.2 Å². The SMILES string of the molecule is Cc1ncsc1-c1ccc(CCC(=O)[C@@H]2C[C@@H](OC(C)(C)C)CN2C(=O)OCC2c3ccccc3-c3ccccc32)c(O)c1. The van der Waals surface area contributed by atoms with Gasteiger partial charge in [0.15, 0.2) is 5.78 Å². The molecule has 1 amide bonds. The number of nitrogens with zero attached hydrogens (tertiary/aromatic N) is 2. The van der Waals surface area contributed by atoms with Crippen LogP contribution in [0.5, 0.6) is 5.75 Å². The number of hydrogen-bond acceptors (Lipinski definition) is 7. The summed E-state index contributed by atoms with van der Waals surface area (Å²) < 4.78 is 12.2. The Bertz CT molecular complexity index is 1640. The van der Waals surface area contributed by atoms with Crippen molar-refractivity contribution in [1.29, 1.82) is 0 Å². The lowest BCUT2D eigenvalue weighted by Gasteiger charge is -2.25. The second-order valence-corrected chi connectivity index (χ2v) is 13.5. The van der Waals surface area contributed by atoms with Crippen molar-refractivity contribution in [3.63, 3.8) is 0 Å². The van der Waals surface area contributed by atoms with Gasteiger partial charge in [-0.25, -0.2) is 9.78 Å². The van der Waals surface area contributed by atoms with E-state index in [1.54, 1.807) is 16.5 Å². The van der Waals surface area contributed by atoms with E-state index < -0.39 is 17.7 Å². The van der Waals surface area contributed by atoms with Gasteiger partial charge in [0, 0.05) is 18.8 Å². The fraction of sp³-hybridized carbons (Fsp3) is 0.361. The van der Waals surface area contributed by atoms with Crippen molar-refractivity contribution in [1.82, 2.24) is 9.88 Å². The normalized spacial score (nSPS) is 17.9. The first-order valence-electron chi connectivity index (χ1n) is 15.1. The quantitative estimate of drug-likeness (QED) is 0.222. The Balaban J connectivity index is 1.15. The number of benzene rings is 3. The van der Waals surface area contributed by atoms with Gasteiger partial charge in [0.05, 0.1) is 40.4 Å². The number of phenols is 1. The van der Waals surface area contributed by atoms with Crippen LogP contribution >= 0.6 is 11.3 Å². The molecule has 1 aliphatic carbocycles. The number of phenolic OH excluding ortho intramolecular Hbond substituents is 1. The lowest BCUT2D eigenvalue weighted by atomic mass is 9.98. The molecular weight excluding hydrogens is 572 g/mol. The molecule has 1 aliphatic heterocycles. The van der Waals surface area contributed by atoms with Crippen molar-refractivity contribution in [2.75, 3.05) is 13.2 Å². The van der Waals surface area contributed by atoms with Gasteiger partial charge in [-0.05, 0) is 73.6 Å². The highest BCUT2D eigenvalue weighted by Crippen LogP contribution is 2.44. The van der Waals surface area contributed by atoms with Crippen LogP contribution in [-0.2, 0) is 20.7 Å². The third-order valence-corrected chi connectivity index (χ3v) is 9.44. The number of amides is 1. The van der Waals surface area contributed by atoms with Crippen LogP contribution in [0.1, 0.15) is 61.9 Å². The number of carbonyl (C=O) groups excluding carboxylic acids is 2. The molecule has 228 valence electrons. The van der Waals surface area contributed by atoms with E-state index >= 15 is 0 Å². The number of aromatic hydroxyl groups is 1. The third kappa shape index (κ3) is 6.14. The molecule has 4 aromatic rings. The molecule has 1 aromatic heterocycles. The smallest absolute Gasteiger partial charge is 0.410 e. The summed E-state index contributed by atoms with van der Waals surface area (Å²) in [4.78, 5) is 34.1. The summed E-state index contributed by atoms with van der Waals surface area (Å²) in [5.74, 6) is 0.0153. The number of ketones is 1. The predicted octanol–water partition coefficient (Wildman–Crippen LogP) is 7.53. The summed E-state index contributed by atoms with van der Waals surface area (Å²) in [6.07, 6.45) is 0.187.